The number of ketones is 1. The SMILES string of the molecule is COc1cc(OC)c2c(c1Cl)/C=C/CCCC(=O)CCC[C@H](C)OC2=O. The molecule has 6 heteroatoms. The van der Waals surface area contributed by atoms with Gasteiger partial charge in [0.25, 0.3) is 0 Å². The Labute approximate surface area is 159 Å². The summed E-state index contributed by atoms with van der Waals surface area (Å²) in [6.45, 7) is 1.82. The number of allylic oxidation sites excluding steroid dienone is 1. The van der Waals surface area contributed by atoms with Crippen molar-refractivity contribution in [2.24, 2.45) is 0 Å². The Hall–Kier alpha value is -2.01. The molecule has 142 valence electrons. The topological polar surface area (TPSA) is 61.8 Å². The van der Waals surface area contributed by atoms with Crippen LogP contribution in [0, 0.1) is 0 Å². The first-order chi connectivity index (χ1) is 12.5. The molecule has 0 saturated heterocycles. The maximum atomic E-state index is 12.8. The lowest BCUT2D eigenvalue weighted by Gasteiger charge is -2.18. The largest absolute Gasteiger partial charge is 0.496 e. The van der Waals surface area contributed by atoms with Crippen LogP contribution < -0.4 is 9.47 Å². The number of esters is 1. The Morgan fingerprint density at radius 3 is 2.50 bits per heavy atom. The number of methoxy groups -OCH3 is 2. The van der Waals surface area contributed by atoms with E-state index >= 15 is 0 Å². The van der Waals surface area contributed by atoms with Crippen LogP contribution in [-0.2, 0) is 9.53 Å². The molecule has 0 aliphatic carbocycles. The van der Waals surface area contributed by atoms with Crippen LogP contribution in [-0.4, -0.2) is 32.1 Å². The van der Waals surface area contributed by atoms with Crippen LogP contribution in [0.4, 0.5) is 0 Å². The van der Waals surface area contributed by atoms with Crippen molar-refractivity contribution in [2.45, 2.75) is 51.6 Å². The summed E-state index contributed by atoms with van der Waals surface area (Å²) in [4.78, 5) is 24.6. The fraction of sp³-hybridized carbons (Fsp3) is 0.500. The molecule has 0 fully saturated rings. The van der Waals surface area contributed by atoms with E-state index in [1.165, 1.54) is 14.2 Å². The number of carbonyl (C=O) groups is 2. The molecule has 0 spiro atoms. The van der Waals surface area contributed by atoms with E-state index in [9.17, 15) is 9.59 Å². The summed E-state index contributed by atoms with van der Waals surface area (Å²) in [7, 11) is 2.99. The van der Waals surface area contributed by atoms with Gasteiger partial charge in [-0.15, -0.1) is 0 Å². The normalized spacial score (nSPS) is 20.5. The second kappa shape index (κ2) is 9.62. The smallest absolute Gasteiger partial charge is 0.342 e. The third-order valence-corrected chi connectivity index (χ3v) is 4.75. The molecule has 2 rings (SSSR count). The summed E-state index contributed by atoms with van der Waals surface area (Å²) < 4.78 is 16.2. The molecule has 0 saturated carbocycles. The minimum absolute atomic E-state index is 0.246. The third kappa shape index (κ3) is 5.01. The molecule has 0 radical (unpaired) electrons. The molecule has 0 aromatic heterocycles. The van der Waals surface area contributed by atoms with Gasteiger partial charge in [-0.25, -0.2) is 4.79 Å². The molecule has 1 heterocycles. The first-order valence-corrected chi connectivity index (χ1v) is 9.19. The molecule has 0 unspecified atom stereocenters. The molecule has 1 aliphatic rings. The maximum absolute atomic E-state index is 12.8. The lowest BCUT2D eigenvalue weighted by atomic mass is 10.0. The molecule has 1 aromatic rings. The molecular formula is C20H25ClO5. The highest BCUT2D eigenvalue weighted by Gasteiger charge is 2.25. The van der Waals surface area contributed by atoms with E-state index in [2.05, 4.69) is 0 Å². The summed E-state index contributed by atoms with van der Waals surface area (Å²) >= 11 is 6.44. The monoisotopic (exact) mass is 380 g/mol. The Morgan fingerprint density at radius 2 is 1.81 bits per heavy atom. The number of halogens is 1. The molecule has 1 aromatic carbocycles. The van der Waals surface area contributed by atoms with Gasteiger partial charge in [-0.1, -0.05) is 23.8 Å². The van der Waals surface area contributed by atoms with Crippen LogP contribution in [0.3, 0.4) is 0 Å². The van der Waals surface area contributed by atoms with E-state index in [-0.39, 0.29) is 17.5 Å². The molecule has 1 aliphatic heterocycles. The Bertz CT molecular complexity index is 696. The van der Waals surface area contributed by atoms with E-state index in [1.54, 1.807) is 12.1 Å². The van der Waals surface area contributed by atoms with E-state index in [1.807, 2.05) is 13.0 Å². The highest BCUT2D eigenvalue weighted by atomic mass is 35.5. The highest BCUT2D eigenvalue weighted by Crippen LogP contribution is 2.39. The van der Waals surface area contributed by atoms with Crippen LogP contribution in [0.15, 0.2) is 12.1 Å². The van der Waals surface area contributed by atoms with Crippen molar-refractivity contribution < 1.29 is 23.8 Å². The number of hydrogen-bond donors (Lipinski definition) is 0. The number of rotatable bonds is 2. The van der Waals surface area contributed by atoms with Gasteiger partial charge in [0, 0.05) is 24.5 Å². The van der Waals surface area contributed by atoms with Gasteiger partial charge in [0.15, 0.2) is 0 Å². The lowest BCUT2D eigenvalue weighted by molar-refractivity contribution is -0.119. The van der Waals surface area contributed by atoms with Crippen molar-refractivity contribution in [1.29, 1.82) is 0 Å². The molecule has 0 bridgehead atoms. The van der Waals surface area contributed by atoms with Gasteiger partial charge >= 0.3 is 5.97 Å². The fourth-order valence-corrected chi connectivity index (χ4v) is 3.23. The Kier molecular flexibility index (Phi) is 7.51. The molecule has 0 N–H and O–H groups in total. The minimum Gasteiger partial charge on any atom is -0.496 e. The van der Waals surface area contributed by atoms with E-state index in [0.29, 0.717) is 54.2 Å². The summed E-state index contributed by atoms with van der Waals surface area (Å²) in [6.07, 6.45) is 7.26. The molecule has 0 amide bonds. The van der Waals surface area contributed by atoms with Gasteiger partial charge < -0.3 is 14.2 Å². The zero-order valence-electron chi connectivity index (χ0n) is 15.5. The molecular weight excluding hydrogens is 356 g/mol. The van der Waals surface area contributed by atoms with Crippen LogP contribution in [0.1, 0.15) is 61.4 Å². The number of benzene rings is 1. The number of ether oxygens (including phenoxy) is 3. The maximum Gasteiger partial charge on any atom is 0.342 e. The molecule has 1 atom stereocenters. The van der Waals surface area contributed by atoms with Crippen molar-refractivity contribution in [2.75, 3.05) is 14.2 Å². The van der Waals surface area contributed by atoms with Crippen molar-refractivity contribution in [3.63, 3.8) is 0 Å². The predicted molar refractivity (Wildman–Crippen MR) is 101 cm³/mol. The second-order valence-electron chi connectivity index (χ2n) is 6.33. The summed E-state index contributed by atoms with van der Waals surface area (Å²) in [6, 6.07) is 1.59. The van der Waals surface area contributed by atoms with Gasteiger partial charge in [-0.3, -0.25) is 4.79 Å². The van der Waals surface area contributed by atoms with Crippen molar-refractivity contribution in [3.8, 4) is 11.5 Å². The van der Waals surface area contributed by atoms with E-state index < -0.39 is 5.97 Å². The Morgan fingerprint density at radius 1 is 1.12 bits per heavy atom. The average Bonchev–Trinajstić information content (AvgIpc) is 2.61. The number of cyclic esters (lactones) is 1. The number of hydrogen-bond acceptors (Lipinski definition) is 5. The van der Waals surface area contributed by atoms with Crippen molar-refractivity contribution in [3.05, 3.63) is 28.3 Å². The second-order valence-corrected chi connectivity index (χ2v) is 6.70. The van der Waals surface area contributed by atoms with Gasteiger partial charge in [0.05, 0.1) is 25.3 Å². The van der Waals surface area contributed by atoms with E-state index in [0.717, 1.165) is 6.42 Å². The average molecular weight is 381 g/mol. The predicted octanol–water partition coefficient (Wildman–Crippen LogP) is 4.84. The first-order valence-electron chi connectivity index (χ1n) is 8.81. The summed E-state index contributed by atoms with van der Waals surface area (Å²) in [5, 5.41) is 0.326. The van der Waals surface area contributed by atoms with Gasteiger partial charge in [-0.05, 0) is 32.6 Å². The summed E-state index contributed by atoms with van der Waals surface area (Å²) in [5.41, 5.74) is 0.790. The number of carbonyl (C=O) groups excluding carboxylic acids is 2. The highest BCUT2D eigenvalue weighted by molar-refractivity contribution is 6.34. The first kappa shape index (κ1) is 20.3. The molecule has 5 nitrogen and oxygen atoms in total. The van der Waals surface area contributed by atoms with Crippen LogP contribution in [0.25, 0.3) is 6.08 Å². The zero-order chi connectivity index (χ0) is 19.1. The minimum atomic E-state index is -0.498. The third-order valence-electron chi connectivity index (χ3n) is 4.36. The standard InChI is InChI=1S/C20H25ClO5/c1-13-8-7-10-14(22)9-5-4-6-11-15-18(20(23)26-13)16(24-2)12-17(25-3)19(15)21/h6,11-13H,4-5,7-10H2,1-3H3/b11-6+/t13-/m0/s1. The summed E-state index contributed by atoms with van der Waals surface area (Å²) in [5.74, 6) is 0.520. The Balaban J connectivity index is 2.48. The van der Waals surface area contributed by atoms with Crippen molar-refractivity contribution in [1.82, 2.24) is 0 Å². The van der Waals surface area contributed by atoms with Crippen LogP contribution in [0.5, 0.6) is 11.5 Å². The van der Waals surface area contributed by atoms with Crippen LogP contribution >= 0.6 is 11.6 Å². The molecule has 26 heavy (non-hydrogen) atoms. The quantitative estimate of drug-likeness (QED) is 0.687. The number of fused-ring (bicyclic) bond motifs is 1. The fourth-order valence-electron chi connectivity index (χ4n) is 2.94. The van der Waals surface area contributed by atoms with Crippen LogP contribution in [0.2, 0.25) is 5.02 Å². The lowest BCUT2D eigenvalue weighted by Crippen LogP contribution is -2.17. The van der Waals surface area contributed by atoms with E-state index in [4.69, 9.17) is 25.8 Å². The van der Waals surface area contributed by atoms with Gasteiger partial charge in [0.1, 0.15) is 22.8 Å². The zero-order valence-corrected chi connectivity index (χ0v) is 16.2. The number of Topliss-reactive ketones (excluding diaryl/α,β-unsaturated/α-hetero) is 1. The van der Waals surface area contributed by atoms with Gasteiger partial charge in [0.2, 0.25) is 0 Å². The van der Waals surface area contributed by atoms with Gasteiger partial charge in [-0.2, -0.15) is 0 Å². The van der Waals surface area contributed by atoms with Crippen molar-refractivity contribution >= 4 is 29.4 Å².